The van der Waals surface area contributed by atoms with E-state index in [1.54, 1.807) is 30.3 Å². The van der Waals surface area contributed by atoms with Crippen molar-refractivity contribution in [1.82, 2.24) is 5.32 Å². The number of benzene rings is 2. The zero-order chi connectivity index (χ0) is 17.2. The topological polar surface area (TPSA) is 108 Å². The highest BCUT2D eigenvalue weighted by atomic mass is 32.2. The molecule has 1 aliphatic heterocycles. The summed E-state index contributed by atoms with van der Waals surface area (Å²) in [5.74, 6) is 0.839. The summed E-state index contributed by atoms with van der Waals surface area (Å²) in [5, 5.41) is 7.79. The molecule has 0 spiro atoms. The SMILES string of the molecule is NS(=O)(=O)Cc1ccc(C(=O)NCc2ccc3c(c2)OCO3)cc1. The molecule has 1 amide bonds. The number of carbonyl (C=O) groups excluding carboxylic acids is 1. The second-order valence-corrected chi connectivity index (χ2v) is 6.99. The number of nitrogens with two attached hydrogens (primary N) is 1. The second-order valence-electron chi connectivity index (χ2n) is 5.37. The number of nitrogens with one attached hydrogen (secondary N) is 1. The van der Waals surface area contributed by atoms with Gasteiger partial charge in [0.05, 0.1) is 5.75 Å². The van der Waals surface area contributed by atoms with E-state index in [1.165, 1.54) is 0 Å². The Morgan fingerprint density at radius 3 is 2.42 bits per heavy atom. The Balaban J connectivity index is 1.60. The van der Waals surface area contributed by atoms with Gasteiger partial charge >= 0.3 is 0 Å². The third-order valence-corrected chi connectivity index (χ3v) is 4.21. The van der Waals surface area contributed by atoms with E-state index in [1.807, 2.05) is 12.1 Å². The van der Waals surface area contributed by atoms with Crippen LogP contribution in [0.3, 0.4) is 0 Å². The van der Waals surface area contributed by atoms with Crippen molar-refractivity contribution in [1.29, 1.82) is 0 Å². The number of hydrogen-bond donors (Lipinski definition) is 2. The monoisotopic (exact) mass is 348 g/mol. The Bertz CT molecular complexity index is 863. The van der Waals surface area contributed by atoms with Crippen molar-refractivity contribution in [2.75, 3.05) is 6.79 Å². The van der Waals surface area contributed by atoms with E-state index in [0.717, 1.165) is 5.56 Å². The van der Waals surface area contributed by atoms with Crippen molar-refractivity contribution < 1.29 is 22.7 Å². The average molecular weight is 348 g/mol. The predicted molar refractivity (Wildman–Crippen MR) is 87.0 cm³/mol. The smallest absolute Gasteiger partial charge is 0.251 e. The minimum atomic E-state index is -3.58. The van der Waals surface area contributed by atoms with Gasteiger partial charge in [-0.25, -0.2) is 13.6 Å². The molecule has 0 unspecified atom stereocenters. The van der Waals surface area contributed by atoms with Crippen molar-refractivity contribution in [3.8, 4) is 11.5 Å². The Kier molecular flexibility index (Phi) is 4.41. The molecule has 0 atom stereocenters. The molecule has 7 nitrogen and oxygen atoms in total. The molecule has 0 aliphatic carbocycles. The van der Waals surface area contributed by atoms with Crippen LogP contribution in [-0.4, -0.2) is 21.1 Å². The minimum absolute atomic E-state index is 0.204. The van der Waals surface area contributed by atoms with Crippen molar-refractivity contribution in [3.63, 3.8) is 0 Å². The normalized spacial score (nSPS) is 12.9. The first-order valence-electron chi connectivity index (χ1n) is 7.17. The van der Waals surface area contributed by atoms with Crippen LogP contribution < -0.4 is 19.9 Å². The first kappa shape index (κ1) is 16.3. The van der Waals surface area contributed by atoms with Crippen LogP contribution in [0.4, 0.5) is 0 Å². The van der Waals surface area contributed by atoms with Gasteiger partial charge in [0.15, 0.2) is 11.5 Å². The number of primary sulfonamides is 1. The van der Waals surface area contributed by atoms with Crippen LogP contribution in [0.2, 0.25) is 0 Å². The number of amides is 1. The fraction of sp³-hybridized carbons (Fsp3) is 0.188. The summed E-state index contributed by atoms with van der Waals surface area (Å²) < 4.78 is 32.6. The molecule has 2 aromatic carbocycles. The molecule has 0 saturated carbocycles. The van der Waals surface area contributed by atoms with Gasteiger partial charge in [0.2, 0.25) is 16.8 Å². The molecule has 3 rings (SSSR count). The molecule has 3 N–H and O–H groups in total. The van der Waals surface area contributed by atoms with Crippen molar-refractivity contribution in [3.05, 3.63) is 59.2 Å². The standard InChI is InChI=1S/C16H16N2O5S/c17-24(20,21)9-11-1-4-13(5-2-11)16(19)18-8-12-3-6-14-15(7-12)23-10-22-14/h1-7H,8-10H2,(H,18,19)(H2,17,20,21). The van der Waals surface area contributed by atoms with Gasteiger partial charge in [-0.15, -0.1) is 0 Å². The van der Waals surface area contributed by atoms with E-state index in [4.69, 9.17) is 14.6 Å². The highest BCUT2D eigenvalue weighted by Gasteiger charge is 2.14. The van der Waals surface area contributed by atoms with Crippen LogP contribution >= 0.6 is 0 Å². The largest absolute Gasteiger partial charge is 0.454 e. The molecule has 0 fully saturated rings. The van der Waals surface area contributed by atoms with Crippen LogP contribution in [0.5, 0.6) is 11.5 Å². The minimum Gasteiger partial charge on any atom is -0.454 e. The van der Waals surface area contributed by atoms with Crippen LogP contribution in [0, 0.1) is 0 Å². The summed E-state index contributed by atoms with van der Waals surface area (Å²) in [6.07, 6.45) is 0. The number of hydrogen-bond acceptors (Lipinski definition) is 5. The van der Waals surface area contributed by atoms with Crippen molar-refractivity contribution in [2.45, 2.75) is 12.3 Å². The van der Waals surface area contributed by atoms with Crippen LogP contribution in [0.25, 0.3) is 0 Å². The molecule has 2 aromatic rings. The molecular formula is C16H16N2O5S. The molecular weight excluding hydrogens is 332 g/mol. The summed E-state index contributed by atoms with van der Waals surface area (Å²) in [6, 6.07) is 11.7. The maximum Gasteiger partial charge on any atom is 0.251 e. The van der Waals surface area contributed by atoms with E-state index >= 15 is 0 Å². The summed E-state index contributed by atoms with van der Waals surface area (Å²) in [6.45, 7) is 0.546. The molecule has 1 heterocycles. The summed E-state index contributed by atoms with van der Waals surface area (Å²) in [4.78, 5) is 12.1. The Morgan fingerprint density at radius 1 is 1.04 bits per heavy atom. The number of sulfonamides is 1. The maximum absolute atomic E-state index is 12.1. The zero-order valence-corrected chi connectivity index (χ0v) is 13.5. The van der Waals surface area contributed by atoms with Gasteiger partial charge in [0, 0.05) is 12.1 Å². The Hall–Kier alpha value is -2.58. The first-order chi connectivity index (χ1) is 11.4. The molecule has 24 heavy (non-hydrogen) atoms. The third kappa shape index (κ3) is 4.03. The van der Waals surface area contributed by atoms with Crippen LogP contribution in [0.1, 0.15) is 21.5 Å². The number of carbonyl (C=O) groups is 1. The van der Waals surface area contributed by atoms with Gasteiger partial charge in [0.25, 0.3) is 5.91 Å². The molecule has 0 radical (unpaired) electrons. The van der Waals surface area contributed by atoms with Gasteiger partial charge in [-0.1, -0.05) is 18.2 Å². The lowest BCUT2D eigenvalue weighted by Gasteiger charge is -2.07. The van der Waals surface area contributed by atoms with Crippen molar-refractivity contribution in [2.24, 2.45) is 5.14 Å². The van der Waals surface area contributed by atoms with E-state index in [2.05, 4.69) is 5.32 Å². The lowest BCUT2D eigenvalue weighted by Crippen LogP contribution is -2.22. The highest BCUT2D eigenvalue weighted by Crippen LogP contribution is 2.32. The zero-order valence-electron chi connectivity index (χ0n) is 12.7. The second kappa shape index (κ2) is 6.50. The number of rotatable bonds is 5. The average Bonchev–Trinajstić information content (AvgIpc) is 2.99. The van der Waals surface area contributed by atoms with Crippen molar-refractivity contribution >= 4 is 15.9 Å². The van der Waals surface area contributed by atoms with Gasteiger partial charge < -0.3 is 14.8 Å². The Morgan fingerprint density at radius 2 is 1.71 bits per heavy atom. The van der Waals surface area contributed by atoms with Crippen LogP contribution in [0.15, 0.2) is 42.5 Å². The number of fused-ring (bicyclic) bond motifs is 1. The lowest BCUT2D eigenvalue weighted by molar-refractivity contribution is 0.0951. The highest BCUT2D eigenvalue weighted by molar-refractivity contribution is 7.88. The van der Waals surface area contributed by atoms with Gasteiger partial charge in [-0.05, 0) is 35.4 Å². The van der Waals surface area contributed by atoms with Crippen LogP contribution in [-0.2, 0) is 22.3 Å². The van der Waals surface area contributed by atoms with E-state index in [9.17, 15) is 13.2 Å². The first-order valence-corrected chi connectivity index (χ1v) is 8.88. The fourth-order valence-corrected chi connectivity index (χ4v) is 2.98. The Labute approximate surface area is 139 Å². The van der Waals surface area contributed by atoms with Gasteiger partial charge in [-0.2, -0.15) is 0 Å². The maximum atomic E-state index is 12.1. The number of ether oxygens (including phenoxy) is 2. The fourth-order valence-electron chi connectivity index (χ4n) is 2.32. The molecule has 0 saturated heterocycles. The summed E-state index contributed by atoms with van der Waals surface area (Å²) >= 11 is 0. The van der Waals surface area contributed by atoms with E-state index in [-0.39, 0.29) is 18.5 Å². The lowest BCUT2D eigenvalue weighted by atomic mass is 10.1. The molecule has 0 aromatic heterocycles. The summed E-state index contributed by atoms with van der Waals surface area (Å²) in [5.41, 5.74) is 1.86. The van der Waals surface area contributed by atoms with E-state index < -0.39 is 10.0 Å². The van der Waals surface area contributed by atoms with Gasteiger partial charge in [0.1, 0.15) is 0 Å². The quantitative estimate of drug-likeness (QED) is 0.842. The van der Waals surface area contributed by atoms with Gasteiger partial charge in [-0.3, -0.25) is 4.79 Å². The molecule has 0 bridgehead atoms. The molecule has 8 heteroatoms. The summed E-state index contributed by atoms with van der Waals surface area (Å²) in [7, 11) is -3.58. The van der Waals surface area contributed by atoms with E-state index in [0.29, 0.717) is 29.2 Å². The molecule has 126 valence electrons. The predicted octanol–water partition coefficient (Wildman–Crippen LogP) is 1.13. The third-order valence-electron chi connectivity index (χ3n) is 3.47. The molecule has 1 aliphatic rings.